The molecule has 1 aromatic heterocycles. The number of nitrogens with one attached hydrogen (secondary N) is 1. The Hall–Kier alpha value is -2.07. The van der Waals surface area contributed by atoms with Gasteiger partial charge in [-0.3, -0.25) is 4.98 Å². The Morgan fingerprint density at radius 2 is 2.00 bits per heavy atom. The maximum Gasteiger partial charge on any atom is 0.0606 e. The molecular weight excluding hydrogens is 262 g/mol. The summed E-state index contributed by atoms with van der Waals surface area (Å²) in [5.74, 6) is 0. The van der Waals surface area contributed by atoms with Crippen molar-refractivity contribution in [2.75, 3.05) is 29.9 Å². The Bertz CT molecular complexity index is 531. The third kappa shape index (κ3) is 4.76. The number of hydrogen-bond donors (Lipinski definition) is 2. The van der Waals surface area contributed by atoms with E-state index >= 15 is 0 Å². The summed E-state index contributed by atoms with van der Waals surface area (Å²) in [6.07, 6.45) is 4.75. The molecule has 4 heteroatoms. The van der Waals surface area contributed by atoms with E-state index in [2.05, 4.69) is 40.3 Å². The zero-order valence-electron chi connectivity index (χ0n) is 12.5. The van der Waals surface area contributed by atoms with Gasteiger partial charge in [0, 0.05) is 19.6 Å². The molecule has 0 fully saturated rings. The molecular formula is C17H23N3O. The molecule has 2 aromatic rings. The van der Waals surface area contributed by atoms with Gasteiger partial charge < -0.3 is 15.3 Å². The predicted molar refractivity (Wildman–Crippen MR) is 87.6 cm³/mol. The molecule has 0 unspecified atom stereocenters. The summed E-state index contributed by atoms with van der Waals surface area (Å²) in [4.78, 5) is 6.43. The summed E-state index contributed by atoms with van der Waals surface area (Å²) in [6.45, 7) is 4.55. The second kappa shape index (κ2) is 8.27. The van der Waals surface area contributed by atoms with Gasteiger partial charge in [0.2, 0.25) is 0 Å². The van der Waals surface area contributed by atoms with Crippen molar-refractivity contribution >= 4 is 11.4 Å². The molecule has 0 saturated heterocycles. The molecule has 0 atom stereocenters. The van der Waals surface area contributed by atoms with Crippen molar-refractivity contribution in [2.45, 2.75) is 19.9 Å². The highest BCUT2D eigenvalue weighted by atomic mass is 16.3. The minimum Gasteiger partial charge on any atom is -0.395 e. The molecule has 1 heterocycles. The fourth-order valence-electron chi connectivity index (χ4n) is 2.19. The van der Waals surface area contributed by atoms with Crippen LogP contribution in [0.5, 0.6) is 0 Å². The average molecular weight is 285 g/mol. The van der Waals surface area contributed by atoms with Crippen molar-refractivity contribution in [2.24, 2.45) is 0 Å². The van der Waals surface area contributed by atoms with E-state index in [9.17, 15) is 5.11 Å². The fourth-order valence-corrected chi connectivity index (χ4v) is 2.19. The first-order chi connectivity index (χ1) is 10.3. The SMILES string of the molecule is CCCNc1cncc(N(CCO)Cc2ccccc2)c1. The van der Waals surface area contributed by atoms with Gasteiger partial charge in [-0.1, -0.05) is 37.3 Å². The number of aromatic nitrogens is 1. The van der Waals surface area contributed by atoms with Crippen LogP contribution in [0.15, 0.2) is 48.8 Å². The second-order valence-corrected chi connectivity index (χ2v) is 4.99. The van der Waals surface area contributed by atoms with Crippen LogP contribution in [0, 0.1) is 0 Å². The van der Waals surface area contributed by atoms with Gasteiger partial charge in [0.25, 0.3) is 0 Å². The normalized spacial score (nSPS) is 10.4. The standard InChI is InChI=1S/C17H23N3O/c1-2-8-19-16-11-17(13-18-12-16)20(9-10-21)14-15-6-4-3-5-7-15/h3-7,11-13,19,21H,2,8-10,14H2,1H3. The van der Waals surface area contributed by atoms with Gasteiger partial charge in [0.1, 0.15) is 0 Å². The van der Waals surface area contributed by atoms with Crippen LogP contribution in [0.3, 0.4) is 0 Å². The molecule has 0 aliphatic carbocycles. The van der Waals surface area contributed by atoms with E-state index in [0.717, 1.165) is 30.9 Å². The maximum atomic E-state index is 9.31. The number of rotatable bonds is 8. The monoisotopic (exact) mass is 285 g/mol. The van der Waals surface area contributed by atoms with E-state index in [4.69, 9.17) is 0 Å². The van der Waals surface area contributed by atoms with Crippen molar-refractivity contribution in [1.82, 2.24) is 4.98 Å². The second-order valence-electron chi connectivity index (χ2n) is 4.99. The first kappa shape index (κ1) is 15.3. The lowest BCUT2D eigenvalue weighted by Gasteiger charge is -2.24. The van der Waals surface area contributed by atoms with Gasteiger partial charge in [0.05, 0.1) is 30.4 Å². The van der Waals surface area contributed by atoms with Crippen LogP contribution >= 0.6 is 0 Å². The molecule has 21 heavy (non-hydrogen) atoms. The number of benzene rings is 1. The van der Waals surface area contributed by atoms with Gasteiger partial charge in [-0.05, 0) is 18.1 Å². The summed E-state index contributed by atoms with van der Waals surface area (Å²) < 4.78 is 0. The highest BCUT2D eigenvalue weighted by molar-refractivity contribution is 5.55. The number of hydrogen-bond acceptors (Lipinski definition) is 4. The van der Waals surface area contributed by atoms with Gasteiger partial charge in [0.15, 0.2) is 0 Å². The third-order valence-corrected chi connectivity index (χ3v) is 3.25. The molecule has 0 aliphatic rings. The van der Waals surface area contributed by atoms with Crippen LogP contribution in [0.4, 0.5) is 11.4 Å². The molecule has 0 bridgehead atoms. The molecule has 112 valence electrons. The minimum absolute atomic E-state index is 0.124. The zero-order chi connectivity index (χ0) is 14.9. The lowest BCUT2D eigenvalue weighted by Crippen LogP contribution is -2.26. The van der Waals surface area contributed by atoms with E-state index in [-0.39, 0.29) is 6.61 Å². The lowest BCUT2D eigenvalue weighted by molar-refractivity contribution is 0.301. The Morgan fingerprint density at radius 1 is 1.19 bits per heavy atom. The zero-order valence-corrected chi connectivity index (χ0v) is 12.5. The predicted octanol–water partition coefficient (Wildman–Crippen LogP) is 2.90. The van der Waals surface area contributed by atoms with Crippen LogP contribution in [0.2, 0.25) is 0 Å². The molecule has 0 spiro atoms. The molecule has 4 nitrogen and oxygen atoms in total. The van der Waals surface area contributed by atoms with Gasteiger partial charge in [-0.2, -0.15) is 0 Å². The van der Waals surface area contributed by atoms with Crippen molar-refractivity contribution in [3.8, 4) is 0 Å². The van der Waals surface area contributed by atoms with Gasteiger partial charge in [-0.15, -0.1) is 0 Å². The fraction of sp³-hybridized carbons (Fsp3) is 0.353. The van der Waals surface area contributed by atoms with Crippen molar-refractivity contribution < 1.29 is 5.11 Å². The van der Waals surface area contributed by atoms with E-state index in [1.165, 1.54) is 5.56 Å². The summed E-state index contributed by atoms with van der Waals surface area (Å²) in [7, 11) is 0. The van der Waals surface area contributed by atoms with Gasteiger partial charge >= 0.3 is 0 Å². The summed E-state index contributed by atoms with van der Waals surface area (Å²) in [5, 5.41) is 12.7. The third-order valence-electron chi connectivity index (χ3n) is 3.25. The first-order valence-corrected chi connectivity index (χ1v) is 7.42. The first-order valence-electron chi connectivity index (χ1n) is 7.42. The summed E-state index contributed by atoms with van der Waals surface area (Å²) in [6, 6.07) is 12.3. The number of nitrogens with zero attached hydrogens (tertiary/aromatic N) is 2. The highest BCUT2D eigenvalue weighted by Gasteiger charge is 2.08. The van der Waals surface area contributed by atoms with Crippen molar-refractivity contribution in [3.05, 3.63) is 54.4 Å². The van der Waals surface area contributed by atoms with Crippen LogP contribution in [0.25, 0.3) is 0 Å². The Labute approximate surface area is 126 Å². The summed E-state index contributed by atoms with van der Waals surface area (Å²) >= 11 is 0. The molecule has 0 saturated carbocycles. The Morgan fingerprint density at radius 3 is 2.71 bits per heavy atom. The lowest BCUT2D eigenvalue weighted by atomic mass is 10.2. The quantitative estimate of drug-likeness (QED) is 0.783. The summed E-state index contributed by atoms with van der Waals surface area (Å²) in [5.41, 5.74) is 3.26. The van der Waals surface area contributed by atoms with E-state index in [1.807, 2.05) is 30.6 Å². The maximum absolute atomic E-state index is 9.31. The van der Waals surface area contributed by atoms with E-state index in [0.29, 0.717) is 6.54 Å². The number of pyridine rings is 1. The molecule has 2 rings (SSSR count). The number of aliphatic hydroxyl groups excluding tert-OH is 1. The average Bonchev–Trinajstić information content (AvgIpc) is 2.54. The van der Waals surface area contributed by atoms with Gasteiger partial charge in [-0.25, -0.2) is 0 Å². The van der Waals surface area contributed by atoms with E-state index in [1.54, 1.807) is 0 Å². The molecule has 0 radical (unpaired) electrons. The number of anilines is 2. The Kier molecular flexibility index (Phi) is 6.03. The minimum atomic E-state index is 0.124. The topological polar surface area (TPSA) is 48.4 Å². The van der Waals surface area contributed by atoms with Crippen molar-refractivity contribution in [3.63, 3.8) is 0 Å². The molecule has 0 amide bonds. The largest absolute Gasteiger partial charge is 0.395 e. The molecule has 1 aromatic carbocycles. The Balaban J connectivity index is 2.13. The number of aliphatic hydroxyl groups is 1. The van der Waals surface area contributed by atoms with Crippen LogP contribution in [-0.4, -0.2) is 29.8 Å². The van der Waals surface area contributed by atoms with Crippen LogP contribution in [0.1, 0.15) is 18.9 Å². The molecule has 0 aliphatic heterocycles. The smallest absolute Gasteiger partial charge is 0.0606 e. The van der Waals surface area contributed by atoms with Crippen LogP contribution in [-0.2, 0) is 6.54 Å². The van der Waals surface area contributed by atoms with Crippen LogP contribution < -0.4 is 10.2 Å². The van der Waals surface area contributed by atoms with E-state index < -0.39 is 0 Å². The highest BCUT2D eigenvalue weighted by Crippen LogP contribution is 2.20. The molecule has 2 N–H and O–H groups in total. The van der Waals surface area contributed by atoms with Crippen molar-refractivity contribution in [1.29, 1.82) is 0 Å².